The largest absolute Gasteiger partial charge is 0.444 e. The minimum atomic E-state index is 0.234. The highest BCUT2D eigenvalue weighted by atomic mass is 79.9. The third-order valence-corrected chi connectivity index (χ3v) is 4.06. The number of oxazole rings is 1. The summed E-state index contributed by atoms with van der Waals surface area (Å²) in [5.74, 6) is 0.665. The molecule has 0 saturated heterocycles. The van der Waals surface area contributed by atoms with Crippen molar-refractivity contribution < 1.29 is 4.42 Å². The predicted octanol–water partition coefficient (Wildman–Crippen LogP) is 4.63. The molecule has 3 nitrogen and oxygen atoms in total. The first-order valence-corrected chi connectivity index (χ1v) is 7.59. The second-order valence-corrected chi connectivity index (χ2v) is 7.04. The number of aromatic nitrogens is 1. The lowest BCUT2D eigenvalue weighted by Gasteiger charge is -2.27. The van der Waals surface area contributed by atoms with Crippen LogP contribution in [0.5, 0.6) is 0 Å². The summed E-state index contributed by atoms with van der Waals surface area (Å²) in [5, 5.41) is 3.48. The molecule has 1 heterocycles. The molecule has 0 aliphatic rings. The fraction of sp³-hybridized carbons (Fsp3) is 0.438. The minimum absolute atomic E-state index is 0.234. The van der Waals surface area contributed by atoms with E-state index in [4.69, 9.17) is 4.42 Å². The van der Waals surface area contributed by atoms with Gasteiger partial charge in [0, 0.05) is 22.6 Å². The topological polar surface area (TPSA) is 38.1 Å². The third-order valence-electron chi connectivity index (χ3n) is 3.53. The Hall–Kier alpha value is -1.13. The molecule has 2 rings (SSSR count). The lowest BCUT2D eigenvalue weighted by molar-refractivity contribution is 0.284. The smallest absolute Gasteiger partial charge is 0.226 e. The van der Waals surface area contributed by atoms with Gasteiger partial charge in [-0.15, -0.1) is 0 Å². The van der Waals surface area contributed by atoms with Crippen LogP contribution in [-0.2, 0) is 6.54 Å². The van der Waals surface area contributed by atoms with Crippen LogP contribution < -0.4 is 5.32 Å². The van der Waals surface area contributed by atoms with Gasteiger partial charge in [0.1, 0.15) is 6.26 Å². The molecule has 20 heavy (non-hydrogen) atoms. The van der Waals surface area contributed by atoms with Gasteiger partial charge in [0.25, 0.3) is 0 Å². The van der Waals surface area contributed by atoms with E-state index in [0.717, 1.165) is 22.3 Å². The second kappa shape index (κ2) is 6.10. The SMILES string of the molecule is CC(NCc1coc(-c2ccc(Br)cc2)n1)C(C)(C)C. The minimum Gasteiger partial charge on any atom is -0.444 e. The Morgan fingerprint density at radius 1 is 1.25 bits per heavy atom. The summed E-state index contributed by atoms with van der Waals surface area (Å²) >= 11 is 3.42. The highest BCUT2D eigenvalue weighted by molar-refractivity contribution is 9.10. The van der Waals surface area contributed by atoms with E-state index in [9.17, 15) is 0 Å². The Morgan fingerprint density at radius 2 is 1.90 bits per heavy atom. The maximum atomic E-state index is 5.54. The Balaban J connectivity index is 2.01. The van der Waals surface area contributed by atoms with Crippen LogP contribution in [0.3, 0.4) is 0 Å². The Kier molecular flexibility index (Phi) is 4.66. The first kappa shape index (κ1) is 15.3. The number of rotatable bonds is 4. The molecular formula is C16H21BrN2O. The lowest BCUT2D eigenvalue weighted by Crippen LogP contribution is -2.37. The Morgan fingerprint density at radius 3 is 2.50 bits per heavy atom. The Bertz CT molecular complexity index is 555. The molecule has 108 valence electrons. The van der Waals surface area contributed by atoms with Crippen molar-refractivity contribution in [2.75, 3.05) is 0 Å². The molecule has 1 N–H and O–H groups in total. The number of nitrogens with one attached hydrogen (secondary N) is 1. The standard InChI is InChI=1S/C16H21BrN2O/c1-11(16(2,3)4)18-9-14-10-20-15(19-14)12-5-7-13(17)8-6-12/h5-8,10-11,18H,9H2,1-4H3. The molecule has 0 aliphatic heterocycles. The van der Waals surface area contributed by atoms with Crippen molar-refractivity contribution in [2.24, 2.45) is 5.41 Å². The zero-order valence-corrected chi connectivity index (χ0v) is 14.0. The summed E-state index contributed by atoms with van der Waals surface area (Å²) < 4.78 is 6.59. The maximum Gasteiger partial charge on any atom is 0.226 e. The van der Waals surface area contributed by atoms with Crippen molar-refractivity contribution in [3.05, 3.63) is 40.7 Å². The molecule has 4 heteroatoms. The second-order valence-electron chi connectivity index (χ2n) is 6.12. The van der Waals surface area contributed by atoms with Crippen LogP contribution >= 0.6 is 15.9 Å². The molecule has 0 fully saturated rings. The van der Waals surface area contributed by atoms with E-state index < -0.39 is 0 Å². The van der Waals surface area contributed by atoms with E-state index in [1.807, 2.05) is 24.3 Å². The maximum absolute atomic E-state index is 5.54. The fourth-order valence-corrected chi connectivity index (χ4v) is 1.94. The van der Waals surface area contributed by atoms with E-state index in [1.165, 1.54) is 0 Å². The lowest BCUT2D eigenvalue weighted by atomic mass is 9.88. The van der Waals surface area contributed by atoms with Crippen molar-refractivity contribution in [1.29, 1.82) is 0 Å². The summed E-state index contributed by atoms with van der Waals surface area (Å²) in [6.45, 7) is 9.58. The highest BCUT2D eigenvalue weighted by Gasteiger charge is 2.19. The molecule has 1 aromatic heterocycles. The average Bonchev–Trinajstić information content (AvgIpc) is 2.84. The van der Waals surface area contributed by atoms with Crippen LogP contribution in [0.1, 0.15) is 33.4 Å². The summed E-state index contributed by atoms with van der Waals surface area (Å²) in [7, 11) is 0. The fourth-order valence-electron chi connectivity index (χ4n) is 1.68. The zero-order chi connectivity index (χ0) is 14.8. The van der Waals surface area contributed by atoms with Crippen LogP contribution in [-0.4, -0.2) is 11.0 Å². The van der Waals surface area contributed by atoms with E-state index in [0.29, 0.717) is 11.9 Å². The van der Waals surface area contributed by atoms with Gasteiger partial charge in [0.2, 0.25) is 5.89 Å². The molecular weight excluding hydrogens is 316 g/mol. The van der Waals surface area contributed by atoms with E-state index in [2.05, 4.69) is 53.9 Å². The molecule has 0 radical (unpaired) electrons. The monoisotopic (exact) mass is 336 g/mol. The van der Waals surface area contributed by atoms with Crippen LogP contribution in [0.2, 0.25) is 0 Å². The van der Waals surface area contributed by atoms with Crippen LogP contribution in [0, 0.1) is 5.41 Å². The number of hydrogen-bond acceptors (Lipinski definition) is 3. The van der Waals surface area contributed by atoms with E-state index in [-0.39, 0.29) is 5.41 Å². The highest BCUT2D eigenvalue weighted by Crippen LogP contribution is 2.22. The van der Waals surface area contributed by atoms with E-state index in [1.54, 1.807) is 6.26 Å². The Labute approximate surface area is 128 Å². The number of hydrogen-bond donors (Lipinski definition) is 1. The quantitative estimate of drug-likeness (QED) is 0.884. The third kappa shape index (κ3) is 3.93. The van der Waals surface area contributed by atoms with Gasteiger partial charge >= 0.3 is 0 Å². The van der Waals surface area contributed by atoms with Crippen LogP contribution in [0.4, 0.5) is 0 Å². The van der Waals surface area contributed by atoms with Crippen molar-refractivity contribution in [1.82, 2.24) is 10.3 Å². The first-order chi connectivity index (χ1) is 9.36. The van der Waals surface area contributed by atoms with E-state index >= 15 is 0 Å². The summed E-state index contributed by atoms with van der Waals surface area (Å²) in [6, 6.07) is 8.36. The van der Waals surface area contributed by atoms with Crippen molar-refractivity contribution in [2.45, 2.75) is 40.3 Å². The molecule has 0 saturated carbocycles. The van der Waals surface area contributed by atoms with Gasteiger partial charge in [-0.3, -0.25) is 0 Å². The van der Waals surface area contributed by atoms with Gasteiger partial charge in [-0.05, 0) is 36.6 Å². The normalized spacial score (nSPS) is 13.4. The van der Waals surface area contributed by atoms with Gasteiger partial charge in [-0.25, -0.2) is 4.98 Å². The molecule has 0 bridgehead atoms. The predicted molar refractivity (Wildman–Crippen MR) is 85.4 cm³/mol. The van der Waals surface area contributed by atoms with Crippen LogP contribution in [0.15, 0.2) is 39.4 Å². The van der Waals surface area contributed by atoms with Crippen molar-refractivity contribution in [3.63, 3.8) is 0 Å². The van der Waals surface area contributed by atoms with Gasteiger partial charge in [0.15, 0.2) is 0 Å². The number of nitrogens with zero attached hydrogens (tertiary/aromatic N) is 1. The zero-order valence-electron chi connectivity index (χ0n) is 12.4. The van der Waals surface area contributed by atoms with Crippen molar-refractivity contribution >= 4 is 15.9 Å². The molecule has 2 aromatic rings. The van der Waals surface area contributed by atoms with Crippen LogP contribution in [0.25, 0.3) is 11.5 Å². The average molecular weight is 337 g/mol. The molecule has 1 atom stereocenters. The molecule has 0 spiro atoms. The number of benzene rings is 1. The van der Waals surface area contributed by atoms with Gasteiger partial charge < -0.3 is 9.73 Å². The van der Waals surface area contributed by atoms with Crippen molar-refractivity contribution in [3.8, 4) is 11.5 Å². The van der Waals surface area contributed by atoms with Gasteiger partial charge in [-0.2, -0.15) is 0 Å². The molecule has 1 unspecified atom stereocenters. The molecule has 0 amide bonds. The summed E-state index contributed by atoms with van der Waals surface area (Å²) in [6.07, 6.45) is 1.72. The summed E-state index contributed by atoms with van der Waals surface area (Å²) in [5.41, 5.74) is 2.15. The molecule has 0 aliphatic carbocycles. The molecule has 1 aromatic carbocycles. The first-order valence-electron chi connectivity index (χ1n) is 6.80. The van der Waals surface area contributed by atoms with Gasteiger partial charge in [-0.1, -0.05) is 36.7 Å². The summed E-state index contributed by atoms with van der Waals surface area (Å²) in [4.78, 5) is 4.52. The number of halogens is 1. The van der Waals surface area contributed by atoms with Gasteiger partial charge in [0.05, 0.1) is 5.69 Å².